The molecule has 0 unspecified atom stereocenters. The van der Waals surface area contributed by atoms with E-state index in [2.05, 4.69) is 0 Å². The Bertz CT molecular complexity index is 525. The highest BCUT2D eigenvalue weighted by atomic mass is 35.5. The van der Waals surface area contributed by atoms with Crippen LogP contribution in [0.4, 0.5) is 0 Å². The van der Waals surface area contributed by atoms with Crippen molar-refractivity contribution in [2.75, 3.05) is 20.8 Å². The molecule has 0 amide bonds. The number of carbonyl (C=O) groups is 2. The Morgan fingerprint density at radius 3 is 2.20 bits per heavy atom. The Kier molecular flexibility index (Phi) is 5.82. The minimum Gasteiger partial charge on any atom is -0.492 e. The second-order valence-electron chi connectivity index (χ2n) is 3.85. The predicted molar refractivity (Wildman–Crippen MR) is 74.9 cm³/mol. The van der Waals surface area contributed by atoms with Crippen LogP contribution in [-0.2, 0) is 16.0 Å². The molecule has 1 aromatic rings. The zero-order valence-corrected chi connectivity index (χ0v) is 12.7. The van der Waals surface area contributed by atoms with Gasteiger partial charge in [-0.3, -0.25) is 4.79 Å². The van der Waals surface area contributed by atoms with E-state index < -0.39 is 11.8 Å². The molecule has 110 valence electrons. The van der Waals surface area contributed by atoms with Gasteiger partial charge in [0.05, 0.1) is 25.8 Å². The lowest BCUT2D eigenvalue weighted by Crippen LogP contribution is -2.19. The lowest BCUT2D eigenvalue weighted by Gasteiger charge is -2.16. The van der Waals surface area contributed by atoms with Crippen LogP contribution in [0.25, 0.3) is 0 Å². The highest BCUT2D eigenvalue weighted by Gasteiger charge is 2.26. The minimum absolute atomic E-state index is 0.132. The average molecular weight is 301 g/mol. The second kappa shape index (κ2) is 7.14. The van der Waals surface area contributed by atoms with Crippen LogP contribution in [0, 0.1) is 0 Å². The van der Waals surface area contributed by atoms with Crippen LogP contribution >= 0.6 is 11.6 Å². The van der Waals surface area contributed by atoms with Gasteiger partial charge in [0.25, 0.3) is 5.78 Å². The average Bonchev–Trinajstić information content (AvgIpc) is 2.45. The summed E-state index contributed by atoms with van der Waals surface area (Å²) < 4.78 is 15.1. The largest absolute Gasteiger partial charge is 0.492 e. The van der Waals surface area contributed by atoms with Crippen LogP contribution in [-0.4, -0.2) is 32.6 Å². The number of carbonyl (C=O) groups excluding carboxylic acids is 2. The van der Waals surface area contributed by atoms with Gasteiger partial charge in [0.15, 0.2) is 11.5 Å². The Morgan fingerprint density at radius 1 is 1.15 bits per heavy atom. The fraction of sp³-hybridized carbons (Fsp3) is 0.429. The van der Waals surface area contributed by atoms with Gasteiger partial charge in [-0.15, -0.1) is 0 Å². The Morgan fingerprint density at radius 2 is 1.75 bits per heavy atom. The third-order valence-electron chi connectivity index (χ3n) is 2.76. The van der Waals surface area contributed by atoms with E-state index in [1.807, 2.05) is 6.92 Å². The first-order valence-corrected chi connectivity index (χ1v) is 6.54. The van der Waals surface area contributed by atoms with Crippen molar-refractivity contribution in [2.45, 2.75) is 20.3 Å². The number of ketones is 1. The Balaban J connectivity index is 3.44. The molecule has 0 saturated carbocycles. The van der Waals surface area contributed by atoms with Crippen LogP contribution in [0.2, 0.25) is 5.02 Å². The molecule has 0 N–H and O–H groups in total. The first-order chi connectivity index (χ1) is 9.51. The Labute approximate surface area is 122 Å². The van der Waals surface area contributed by atoms with Gasteiger partial charge in [0.2, 0.25) is 0 Å². The third-order valence-corrected chi connectivity index (χ3v) is 3.04. The van der Waals surface area contributed by atoms with Crippen molar-refractivity contribution >= 4 is 23.4 Å². The van der Waals surface area contributed by atoms with Crippen molar-refractivity contribution < 1.29 is 23.8 Å². The van der Waals surface area contributed by atoms with Gasteiger partial charge in [0, 0.05) is 11.1 Å². The van der Waals surface area contributed by atoms with Crippen molar-refractivity contribution in [3.8, 4) is 11.5 Å². The van der Waals surface area contributed by atoms with Gasteiger partial charge in [-0.05, 0) is 19.4 Å². The fourth-order valence-electron chi connectivity index (χ4n) is 1.91. The maximum absolute atomic E-state index is 12.1. The van der Waals surface area contributed by atoms with E-state index in [-0.39, 0.29) is 17.2 Å². The lowest BCUT2D eigenvalue weighted by molar-refractivity contribution is -0.137. The van der Waals surface area contributed by atoms with E-state index in [1.165, 1.54) is 20.3 Å². The summed E-state index contributed by atoms with van der Waals surface area (Å²) >= 11 is 6.06. The van der Waals surface area contributed by atoms with Gasteiger partial charge in [-0.1, -0.05) is 18.5 Å². The van der Waals surface area contributed by atoms with E-state index in [9.17, 15) is 9.59 Å². The molecule has 5 nitrogen and oxygen atoms in total. The molecule has 0 heterocycles. The molecule has 20 heavy (non-hydrogen) atoms. The fourth-order valence-corrected chi connectivity index (χ4v) is 2.19. The third kappa shape index (κ3) is 3.04. The van der Waals surface area contributed by atoms with Crippen molar-refractivity contribution in [3.63, 3.8) is 0 Å². The molecular weight excluding hydrogens is 284 g/mol. The van der Waals surface area contributed by atoms with Gasteiger partial charge >= 0.3 is 5.97 Å². The maximum atomic E-state index is 12.1. The van der Waals surface area contributed by atoms with Gasteiger partial charge < -0.3 is 14.2 Å². The standard InChI is InChI=1S/C14H17ClO5/c1-5-8-9(11(16)14(17)20-6-2)7-10(15)13(19-4)12(8)18-3/h7H,5-6H2,1-4H3. The van der Waals surface area contributed by atoms with Crippen molar-refractivity contribution in [1.82, 2.24) is 0 Å². The molecule has 0 aliphatic heterocycles. The summed E-state index contributed by atoms with van der Waals surface area (Å²) in [7, 11) is 2.90. The topological polar surface area (TPSA) is 61.8 Å². The molecule has 0 radical (unpaired) electrons. The zero-order chi connectivity index (χ0) is 15.3. The number of rotatable bonds is 6. The Hall–Kier alpha value is -1.75. The summed E-state index contributed by atoms with van der Waals surface area (Å²) in [6.45, 7) is 3.60. The summed E-state index contributed by atoms with van der Waals surface area (Å²) in [6, 6.07) is 1.40. The molecule has 1 rings (SSSR count). The number of hydrogen-bond donors (Lipinski definition) is 0. The smallest absolute Gasteiger partial charge is 0.379 e. The summed E-state index contributed by atoms with van der Waals surface area (Å²) in [5, 5.41) is 0.203. The molecule has 0 aromatic heterocycles. The molecule has 0 spiro atoms. The molecule has 6 heteroatoms. The summed E-state index contributed by atoms with van der Waals surface area (Å²) in [4.78, 5) is 23.7. The first-order valence-electron chi connectivity index (χ1n) is 6.16. The van der Waals surface area contributed by atoms with Crippen LogP contribution in [0.5, 0.6) is 11.5 Å². The van der Waals surface area contributed by atoms with E-state index in [0.29, 0.717) is 23.5 Å². The van der Waals surface area contributed by atoms with Crippen LogP contribution in [0.3, 0.4) is 0 Å². The number of esters is 1. The molecule has 0 saturated heterocycles. The molecule has 0 atom stereocenters. The van der Waals surface area contributed by atoms with Crippen molar-refractivity contribution in [1.29, 1.82) is 0 Å². The SMILES string of the molecule is CCOC(=O)C(=O)c1cc(Cl)c(OC)c(OC)c1CC. The highest BCUT2D eigenvalue weighted by Crippen LogP contribution is 2.40. The van der Waals surface area contributed by atoms with Crippen LogP contribution in [0.1, 0.15) is 29.8 Å². The van der Waals surface area contributed by atoms with E-state index in [1.54, 1.807) is 6.92 Å². The zero-order valence-electron chi connectivity index (χ0n) is 11.9. The number of halogens is 1. The molecule has 0 aliphatic carbocycles. The number of methoxy groups -OCH3 is 2. The molecule has 0 fully saturated rings. The second-order valence-corrected chi connectivity index (χ2v) is 4.26. The van der Waals surface area contributed by atoms with Gasteiger partial charge in [0.1, 0.15) is 0 Å². The number of Topliss-reactive ketones (excluding diaryl/α,β-unsaturated/α-hetero) is 1. The van der Waals surface area contributed by atoms with Gasteiger partial charge in [-0.25, -0.2) is 4.79 Å². The quantitative estimate of drug-likeness (QED) is 0.459. The molecular formula is C14H17ClO5. The predicted octanol–water partition coefficient (Wildman–Crippen LogP) is 2.67. The van der Waals surface area contributed by atoms with Crippen molar-refractivity contribution in [3.05, 3.63) is 22.2 Å². The van der Waals surface area contributed by atoms with Crippen LogP contribution in [0.15, 0.2) is 6.07 Å². The maximum Gasteiger partial charge on any atom is 0.379 e. The van der Waals surface area contributed by atoms with Crippen molar-refractivity contribution in [2.24, 2.45) is 0 Å². The molecule has 0 bridgehead atoms. The summed E-state index contributed by atoms with van der Waals surface area (Å²) in [5.74, 6) is -0.960. The molecule has 0 aliphatic rings. The van der Waals surface area contributed by atoms with E-state index in [0.717, 1.165) is 0 Å². The highest BCUT2D eigenvalue weighted by molar-refractivity contribution is 6.42. The van der Waals surface area contributed by atoms with Crippen LogP contribution < -0.4 is 9.47 Å². The van der Waals surface area contributed by atoms with Gasteiger partial charge in [-0.2, -0.15) is 0 Å². The number of ether oxygens (including phenoxy) is 3. The summed E-state index contributed by atoms with van der Waals surface area (Å²) in [5.41, 5.74) is 0.736. The molecule has 1 aromatic carbocycles. The lowest BCUT2D eigenvalue weighted by atomic mass is 9.99. The van der Waals surface area contributed by atoms with E-state index >= 15 is 0 Å². The first kappa shape index (κ1) is 16.3. The number of hydrogen-bond acceptors (Lipinski definition) is 5. The minimum atomic E-state index is -0.912. The summed E-state index contributed by atoms with van der Waals surface area (Å²) in [6.07, 6.45) is 0.483. The van der Waals surface area contributed by atoms with E-state index in [4.69, 9.17) is 25.8 Å². The number of benzene rings is 1. The normalized spacial score (nSPS) is 10.1. The monoisotopic (exact) mass is 300 g/mol.